The summed E-state index contributed by atoms with van der Waals surface area (Å²) in [7, 11) is 1.52. The van der Waals surface area contributed by atoms with Crippen molar-refractivity contribution in [1.29, 1.82) is 0 Å². The van der Waals surface area contributed by atoms with E-state index in [2.05, 4.69) is 26.1 Å². The Balaban J connectivity index is 1.92. The van der Waals surface area contributed by atoms with Crippen LogP contribution in [0.4, 0.5) is 5.69 Å². The van der Waals surface area contributed by atoms with Gasteiger partial charge in [-0.25, -0.2) is 4.79 Å². The maximum atomic E-state index is 12.3. The second kappa shape index (κ2) is 9.45. The number of carbonyl (C=O) groups is 2. The molecule has 0 aromatic heterocycles. The van der Waals surface area contributed by atoms with Crippen molar-refractivity contribution in [2.45, 2.75) is 52.2 Å². The summed E-state index contributed by atoms with van der Waals surface area (Å²) >= 11 is 0. The Morgan fingerprint density at radius 3 is 2.14 bits per heavy atom. The molecule has 6 nitrogen and oxygen atoms in total. The molecular weight excluding hydrogens is 370 g/mol. The van der Waals surface area contributed by atoms with Crippen LogP contribution in [0.25, 0.3) is 0 Å². The number of carbonyl (C=O) groups excluding carboxylic acids is 2. The minimum atomic E-state index is -0.985. The average Bonchev–Trinajstić information content (AvgIpc) is 2.67. The molecule has 2 aromatic rings. The molecule has 0 radical (unpaired) electrons. The lowest BCUT2D eigenvalue weighted by Crippen LogP contribution is -2.35. The first kappa shape index (κ1) is 22.3. The minimum absolute atomic E-state index is 0.0350. The Bertz CT molecular complexity index is 839. The molecular formula is C23H29NO5. The van der Waals surface area contributed by atoms with Gasteiger partial charge in [0.15, 0.2) is 12.2 Å². The normalized spacial score (nSPS) is 13.2. The molecule has 0 bridgehead atoms. The molecule has 2 rings (SSSR count). The van der Waals surface area contributed by atoms with Gasteiger partial charge in [-0.2, -0.15) is 0 Å². The summed E-state index contributed by atoms with van der Waals surface area (Å²) in [5.74, 6) is 0.0144. The second-order valence-electron chi connectivity index (χ2n) is 7.80. The van der Waals surface area contributed by atoms with Crippen molar-refractivity contribution >= 4 is 17.6 Å². The third-order valence-corrected chi connectivity index (χ3v) is 4.39. The lowest BCUT2D eigenvalue weighted by molar-refractivity contribution is -0.159. The van der Waals surface area contributed by atoms with Gasteiger partial charge in [0.05, 0.1) is 12.8 Å². The van der Waals surface area contributed by atoms with Crippen LogP contribution in [0.1, 0.15) is 40.2 Å². The van der Waals surface area contributed by atoms with E-state index in [0.29, 0.717) is 17.2 Å². The molecule has 0 spiro atoms. The van der Waals surface area contributed by atoms with Crippen LogP contribution in [-0.4, -0.2) is 31.2 Å². The maximum absolute atomic E-state index is 12.3. The maximum Gasteiger partial charge on any atom is 0.347 e. The fourth-order valence-corrected chi connectivity index (χ4v) is 2.59. The molecule has 2 atom stereocenters. The van der Waals surface area contributed by atoms with Crippen molar-refractivity contribution in [2.24, 2.45) is 0 Å². The predicted molar refractivity (Wildman–Crippen MR) is 112 cm³/mol. The Morgan fingerprint density at radius 1 is 0.931 bits per heavy atom. The number of anilines is 1. The summed E-state index contributed by atoms with van der Waals surface area (Å²) < 4.78 is 16.1. The van der Waals surface area contributed by atoms with E-state index >= 15 is 0 Å². The van der Waals surface area contributed by atoms with Crippen LogP contribution in [0.2, 0.25) is 0 Å². The predicted octanol–water partition coefficient (Wildman–Crippen LogP) is 4.33. The number of esters is 1. The number of rotatable bonds is 7. The quantitative estimate of drug-likeness (QED) is 0.702. The summed E-state index contributed by atoms with van der Waals surface area (Å²) in [4.78, 5) is 24.7. The number of nitrogens with one attached hydrogen (secondary N) is 1. The third-order valence-electron chi connectivity index (χ3n) is 4.39. The van der Waals surface area contributed by atoms with Gasteiger partial charge in [0, 0.05) is 0 Å². The highest BCUT2D eigenvalue weighted by atomic mass is 16.6. The summed E-state index contributed by atoms with van der Waals surface area (Å²) in [5, 5.41) is 2.69. The first-order valence-electron chi connectivity index (χ1n) is 9.53. The summed E-state index contributed by atoms with van der Waals surface area (Å²) in [6, 6.07) is 14.6. The van der Waals surface area contributed by atoms with Crippen molar-refractivity contribution in [2.75, 3.05) is 12.4 Å². The van der Waals surface area contributed by atoms with Crippen molar-refractivity contribution in [3.63, 3.8) is 0 Å². The van der Waals surface area contributed by atoms with E-state index in [1.165, 1.54) is 19.6 Å². The first-order chi connectivity index (χ1) is 13.6. The number of benzene rings is 2. The number of hydrogen-bond donors (Lipinski definition) is 1. The Morgan fingerprint density at radius 2 is 1.55 bits per heavy atom. The molecule has 29 heavy (non-hydrogen) atoms. The average molecular weight is 399 g/mol. The molecule has 0 unspecified atom stereocenters. The molecule has 0 saturated carbocycles. The standard InChI is InChI=1S/C23H29NO5/c1-15(21(25)24-19-9-7-8-10-20(19)27-6)29-22(26)16(2)28-18-13-11-17(12-14-18)23(3,4)5/h7-16H,1-6H3,(H,24,25)/t15-,16+/m0/s1. The number of para-hydroxylation sites is 2. The zero-order valence-electron chi connectivity index (χ0n) is 17.8. The molecule has 6 heteroatoms. The van der Waals surface area contributed by atoms with Crippen LogP contribution in [-0.2, 0) is 19.7 Å². The lowest BCUT2D eigenvalue weighted by Gasteiger charge is -2.20. The second-order valence-corrected chi connectivity index (χ2v) is 7.80. The van der Waals surface area contributed by atoms with E-state index in [0.717, 1.165) is 0 Å². The summed E-state index contributed by atoms with van der Waals surface area (Å²) in [6.45, 7) is 9.47. The van der Waals surface area contributed by atoms with Crippen LogP contribution in [0.3, 0.4) is 0 Å². The molecule has 0 aliphatic carbocycles. The van der Waals surface area contributed by atoms with Gasteiger partial charge in [-0.1, -0.05) is 45.0 Å². The number of hydrogen-bond acceptors (Lipinski definition) is 5. The van der Waals surface area contributed by atoms with E-state index < -0.39 is 24.1 Å². The van der Waals surface area contributed by atoms with Crippen LogP contribution in [0.5, 0.6) is 11.5 Å². The number of methoxy groups -OCH3 is 1. The number of ether oxygens (including phenoxy) is 3. The van der Waals surface area contributed by atoms with E-state index in [4.69, 9.17) is 14.2 Å². The highest BCUT2D eigenvalue weighted by molar-refractivity contribution is 5.96. The van der Waals surface area contributed by atoms with Crippen LogP contribution < -0.4 is 14.8 Å². The third kappa shape index (κ3) is 6.24. The topological polar surface area (TPSA) is 73.9 Å². The molecule has 0 saturated heterocycles. The minimum Gasteiger partial charge on any atom is -0.495 e. The molecule has 1 amide bonds. The Hall–Kier alpha value is -3.02. The van der Waals surface area contributed by atoms with E-state index in [-0.39, 0.29) is 5.41 Å². The van der Waals surface area contributed by atoms with Crippen molar-refractivity contribution < 1.29 is 23.8 Å². The summed E-state index contributed by atoms with van der Waals surface area (Å²) in [6.07, 6.45) is -1.83. The summed E-state index contributed by atoms with van der Waals surface area (Å²) in [5.41, 5.74) is 1.71. The molecule has 0 heterocycles. The number of amides is 1. The largest absolute Gasteiger partial charge is 0.495 e. The van der Waals surface area contributed by atoms with Gasteiger partial charge in [-0.3, -0.25) is 4.79 Å². The van der Waals surface area contributed by atoms with Gasteiger partial charge in [-0.05, 0) is 49.1 Å². The molecule has 2 aromatic carbocycles. The van der Waals surface area contributed by atoms with Gasteiger partial charge in [0.2, 0.25) is 0 Å². The van der Waals surface area contributed by atoms with E-state index in [1.807, 2.05) is 24.3 Å². The SMILES string of the molecule is COc1ccccc1NC(=O)[C@H](C)OC(=O)[C@@H](C)Oc1ccc(C(C)(C)C)cc1. The van der Waals surface area contributed by atoms with Crippen molar-refractivity contribution in [3.8, 4) is 11.5 Å². The lowest BCUT2D eigenvalue weighted by atomic mass is 9.87. The van der Waals surface area contributed by atoms with Gasteiger partial charge in [-0.15, -0.1) is 0 Å². The van der Waals surface area contributed by atoms with E-state index in [1.54, 1.807) is 31.2 Å². The molecule has 0 fully saturated rings. The zero-order chi connectivity index (χ0) is 21.6. The van der Waals surface area contributed by atoms with Crippen molar-refractivity contribution in [3.05, 3.63) is 54.1 Å². The van der Waals surface area contributed by atoms with Gasteiger partial charge < -0.3 is 19.5 Å². The molecule has 156 valence electrons. The Kier molecular flexibility index (Phi) is 7.26. The monoisotopic (exact) mass is 399 g/mol. The van der Waals surface area contributed by atoms with Crippen molar-refractivity contribution in [1.82, 2.24) is 0 Å². The first-order valence-corrected chi connectivity index (χ1v) is 9.53. The fourth-order valence-electron chi connectivity index (χ4n) is 2.59. The molecule has 1 N–H and O–H groups in total. The van der Waals surface area contributed by atoms with Crippen LogP contribution in [0, 0.1) is 0 Å². The van der Waals surface area contributed by atoms with Gasteiger partial charge in [0.1, 0.15) is 11.5 Å². The zero-order valence-corrected chi connectivity index (χ0v) is 17.8. The van der Waals surface area contributed by atoms with Gasteiger partial charge in [0.25, 0.3) is 5.91 Å². The highest BCUT2D eigenvalue weighted by Gasteiger charge is 2.24. The fraction of sp³-hybridized carbons (Fsp3) is 0.391. The molecule has 0 aliphatic rings. The highest BCUT2D eigenvalue weighted by Crippen LogP contribution is 2.25. The van der Waals surface area contributed by atoms with Gasteiger partial charge >= 0.3 is 5.97 Å². The van der Waals surface area contributed by atoms with E-state index in [9.17, 15) is 9.59 Å². The Labute approximate surface area is 172 Å². The van der Waals surface area contributed by atoms with Crippen LogP contribution in [0.15, 0.2) is 48.5 Å². The molecule has 0 aliphatic heterocycles. The smallest absolute Gasteiger partial charge is 0.347 e. The van der Waals surface area contributed by atoms with Crippen LogP contribution >= 0.6 is 0 Å².